The molecular formula is C19H14NNaO6. The molecule has 0 unspecified atom stereocenters. The molecule has 0 saturated heterocycles. The number of Topliss-reactive ketones (excluding diaryl/α,β-unsaturated/α-hetero) is 1. The minimum Gasteiger partial charge on any atom is -0.872 e. The van der Waals surface area contributed by atoms with Crippen molar-refractivity contribution in [2.24, 2.45) is 0 Å². The molecule has 0 amide bonds. The smallest absolute Gasteiger partial charge is 0.872 e. The summed E-state index contributed by atoms with van der Waals surface area (Å²) in [5, 5.41) is 23.9. The maximum absolute atomic E-state index is 12.8. The number of carbonyl (C=O) groups is 1. The zero-order valence-electron chi connectivity index (χ0n) is 14.8. The number of hydrogen-bond acceptors (Lipinski definition) is 6. The van der Waals surface area contributed by atoms with Crippen LogP contribution in [0, 0.1) is 10.1 Å². The van der Waals surface area contributed by atoms with Gasteiger partial charge in [0, 0.05) is 35.4 Å². The van der Waals surface area contributed by atoms with Gasteiger partial charge in [-0.25, -0.2) is 4.79 Å². The van der Waals surface area contributed by atoms with Crippen LogP contribution < -0.4 is 40.3 Å². The Kier molecular flexibility index (Phi) is 6.54. The van der Waals surface area contributed by atoms with Crippen LogP contribution in [0.15, 0.2) is 57.7 Å². The quantitative estimate of drug-likeness (QED) is 0.266. The van der Waals surface area contributed by atoms with E-state index in [0.29, 0.717) is 5.56 Å². The van der Waals surface area contributed by atoms with E-state index in [9.17, 15) is 24.8 Å². The Hall–Kier alpha value is -2.48. The number of hydrogen-bond donors (Lipinski definition) is 0. The third-order valence-electron chi connectivity index (χ3n) is 4.15. The van der Waals surface area contributed by atoms with Crippen LogP contribution in [0.25, 0.3) is 11.0 Å². The molecule has 0 N–H and O–H groups in total. The van der Waals surface area contributed by atoms with Gasteiger partial charge >= 0.3 is 35.2 Å². The van der Waals surface area contributed by atoms with Gasteiger partial charge in [-0.2, -0.15) is 0 Å². The van der Waals surface area contributed by atoms with Gasteiger partial charge in [-0.15, -0.1) is 0 Å². The molecule has 3 aromatic rings. The summed E-state index contributed by atoms with van der Waals surface area (Å²) in [6.07, 6.45) is -0.0872. The second-order valence-electron chi connectivity index (χ2n) is 5.94. The molecule has 0 aliphatic rings. The van der Waals surface area contributed by atoms with Gasteiger partial charge in [0.05, 0.1) is 4.92 Å². The number of rotatable bonds is 5. The molecule has 8 heteroatoms. The van der Waals surface area contributed by atoms with Crippen LogP contribution in [0.2, 0.25) is 0 Å². The zero-order valence-corrected chi connectivity index (χ0v) is 16.8. The Balaban J connectivity index is 0.00000261. The molecule has 2 aromatic carbocycles. The minimum absolute atomic E-state index is 0. The number of nitro benzene ring substituents is 1. The van der Waals surface area contributed by atoms with E-state index in [0.717, 1.165) is 0 Å². The summed E-state index contributed by atoms with van der Waals surface area (Å²) < 4.78 is 5.24. The van der Waals surface area contributed by atoms with E-state index in [4.69, 9.17) is 4.42 Å². The molecule has 0 saturated carbocycles. The van der Waals surface area contributed by atoms with E-state index in [1.54, 1.807) is 18.2 Å². The van der Waals surface area contributed by atoms with Crippen molar-refractivity contribution in [1.29, 1.82) is 0 Å². The fraction of sp³-hybridized carbons (Fsp3) is 0.158. The fourth-order valence-corrected chi connectivity index (χ4v) is 2.94. The van der Waals surface area contributed by atoms with Crippen molar-refractivity contribution in [2.45, 2.75) is 19.3 Å². The summed E-state index contributed by atoms with van der Waals surface area (Å²) in [6.45, 7) is 1.35. The van der Waals surface area contributed by atoms with Crippen LogP contribution in [-0.4, -0.2) is 10.7 Å². The van der Waals surface area contributed by atoms with E-state index < -0.39 is 22.2 Å². The molecule has 3 rings (SSSR count). The van der Waals surface area contributed by atoms with Gasteiger partial charge < -0.3 is 9.52 Å². The van der Waals surface area contributed by atoms with Gasteiger partial charge in [0.2, 0.25) is 0 Å². The van der Waals surface area contributed by atoms with E-state index in [1.165, 1.54) is 37.3 Å². The maximum atomic E-state index is 12.8. The van der Waals surface area contributed by atoms with Crippen LogP contribution in [-0.2, 0) is 4.79 Å². The number of nitro groups is 1. The molecule has 1 aromatic heterocycles. The molecule has 7 nitrogen and oxygen atoms in total. The average molecular weight is 375 g/mol. The monoisotopic (exact) mass is 375 g/mol. The molecule has 0 aliphatic carbocycles. The summed E-state index contributed by atoms with van der Waals surface area (Å²) in [5.41, 5.74) is -0.434. The predicted octanol–water partition coefficient (Wildman–Crippen LogP) is -0.110. The largest absolute Gasteiger partial charge is 1.00 e. The first kappa shape index (κ1) is 20.8. The first-order chi connectivity index (χ1) is 12.4. The summed E-state index contributed by atoms with van der Waals surface area (Å²) in [6, 6.07) is 11.8. The molecule has 0 aliphatic heterocycles. The predicted molar refractivity (Wildman–Crippen MR) is 92.2 cm³/mol. The van der Waals surface area contributed by atoms with Gasteiger partial charge in [-0.05, 0) is 18.6 Å². The Morgan fingerprint density at radius 3 is 2.37 bits per heavy atom. The average Bonchev–Trinajstić information content (AvgIpc) is 2.60. The SMILES string of the molecule is CC(=O)C[C@H](c1ccc([N+](=O)[O-])cc1)c1c([O-])c2ccccc2oc1=O.[Na+]. The first-order valence-electron chi connectivity index (χ1n) is 7.85. The van der Waals surface area contributed by atoms with Crippen LogP contribution in [0.5, 0.6) is 5.75 Å². The molecule has 0 bridgehead atoms. The number of benzene rings is 2. The zero-order chi connectivity index (χ0) is 18.8. The number of fused-ring (bicyclic) bond motifs is 1. The third kappa shape index (κ3) is 4.27. The molecule has 132 valence electrons. The van der Waals surface area contributed by atoms with Crippen molar-refractivity contribution in [3.05, 3.63) is 80.2 Å². The number of ketones is 1. The number of para-hydroxylation sites is 1. The topological polar surface area (TPSA) is 113 Å². The molecule has 1 atom stereocenters. The van der Waals surface area contributed by atoms with E-state index in [2.05, 4.69) is 0 Å². The Morgan fingerprint density at radius 2 is 1.78 bits per heavy atom. The van der Waals surface area contributed by atoms with Crippen molar-refractivity contribution in [1.82, 2.24) is 0 Å². The molecule has 0 fully saturated rings. The fourth-order valence-electron chi connectivity index (χ4n) is 2.94. The van der Waals surface area contributed by atoms with Crippen LogP contribution in [0.4, 0.5) is 5.69 Å². The van der Waals surface area contributed by atoms with E-state index in [-0.39, 0.29) is 64.0 Å². The second kappa shape index (κ2) is 8.47. The normalized spacial score (nSPS) is 11.6. The van der Waals surface area contributed by atoms with E-state index in [1.807, 2.05) is 0 Å². The van der Waals surface area contributed by atoms with Crippen molar-refractivity contribution in [2.75, 3.05) is 0 Å². The number of carbonyl (C=O) groups excluding carboxylic acids is 1. The van der Waals surface area contributed by atoms with Crippen molar-refractivity contribution >= 4 is 22.4 Å². The van der Waals surface area contributed by atoms with E-state index >= 15 is 0 Å². The van der Waals surface area contributed by atoms with Gasteiger partial charge in [0.1, 0.15) is 11.4 Å². The van der Waals surface area contributed by atoms with Crippen LogP contribution in [0.1, 0.15) is 30.4 Å². The van der Waals surface area contributed by atoms with Gasteiger partial charge in [-0.3, -0.25) is 14.9 Å². The van der Waals surface area contributed by atoms with Crippen LogP contribution >= 0.6 is 0 Å². The maximum Gasteiger partial charge on any atom is 1.00 e. The molecule has 0 spiro atoms. The third-order valence-corrected chi connectivity index (χ3v) is 4.15. The number of nitrogens with zero attached hydrogens (tertiary/aromatic N) is 1. The summed E-state index contributed by atoms with van der Waals surface area (Å²) in [5.74, 6) is -1.55. The van der Waals surface area contributed by atoms with Gasteiger partial charge in [0.25, 0.3) is 5.69 Å². The molecule has 0 radical (unpaired) electrons. The molecular weight excluding hydrogens is 361 g/mol. The second-order valence-corrected chi connectivity index (χ2v) is 5.94. The standard InChI is InChI=1S/C19H15NO6.Na/c1-11(21)10-15(12-6-8-13(9-7-12)20(24)25)17-18(22)14-4-2-3-5-16(14)26-19(17)23;/h2-9,15,22H,10H2,1H3;/q;+1/p-1/t15-;/m1./s1. The minimum atomic E-state index is -0.832. The summed E-state index contributed by atoms with van der Waals surface area (Å²) in [4.78, 5) is 34.4. The van der Waals surface area contributed by atoms with Gasteiger partial charge in [0.15, 0.2) is 0 Å². The summed E-state index contributed by atoms with van der Waals surface area (Å²) in [7, 11) is 0. The van der Waals surface area contributed by atoms with Gasteiger partial charge in [-0.1, -0.05) is 36.1 Å². The molecule has 1 heterocycles. The Labute approximate surface area is 176 Å². The molecule has 27 heavy (non-hydrogen) atoms. The van der Waals surface area contributed by atoms with Crippen LogP contribution in [0.3, 0.4) is 0 Å². The van der Waals surface area contributed by atoms with Crippen molar-refractivity contribution in [3.8, 4) is 5.75 Å². The summed E-state index contributed by atoms with van der Waals surface area (Å²) >= 11 is 0. The Bertz CT molecular complexity index is 1060. The Morgan fingerprint density at radius 1 is 1.15 bits per heavy atom. The van der Waals surface area contributed by atoms with Crippen molar-refractivity contribution < 1.29 is 48.8 Å². The number of non-ortho nitro benzene ring substituents is 1. The van der Waals surface area contributed by atoms with Crippen molar-refractivity contribution in [3.63, 3.8) is 0 Å². The first-order valence-corrected chi connectivity index (χ1v) is 7.85.